The molecular formula is C12H23N3O4. The van der Waals surface area contributed by atoms with Crippen LogP contribution in [-0.2, 0) is 9.53 Å². The quantitative estimate of drug-likeness (QED) is 0.641. The van der Waals surface area contributed by atoms with Crippen molar-refractivity contribution in [3.8, 4) is 0 Å². The maximum atomic E-state index is 11.6. The van der Waals surface area contributed by atoms with Gasteiger partial charge in [-0.3, -0.25) is 4.79 Å². The first kappa shape index (κ1) is 15.7. The number of ether oxygens (including phenoxy) is 1. The monoisotopic (exact) mass is 273 g/mol. The lowest BCUT2D eigenvalue weighted by atomic mass is 9.94. The molecule has 0 aromatic heterocycles. The summed E-state index contributed by atoms with van der Waals surface area (Å²) in [5.74, 6) is -0.940. The van der Waals surface area contributed by atoms with Crippen LogP contribution in [0.4, 0.5) is 4.79 Å². The zero-order chi connectivity index (χ0) is 14.5. The van der Waals surface area contributed by atoms with Gasteiger partial charge < -0.3 is 25.4 Å². The lowest BCUT2D eigenvalue weighted by molar-refractivity contribution is -0.146. The van der Waals surface area contributed by atoms with Gasteiger partial charge in [-0.15, -0.1) is 0 Å². The number of carbonyl (C=O) groups excluding carboxylic acids is 1. The number of aliphatic carboxylic acids is 1. The lowest BCUT2D eigenvalue weighted by Crippen LogP contribution is -2.49. The van der Waals surface area contributed by atoms with Crippen LogP contribution in [0.2, 0.25) is 0 Å². The van der Waals surface area contributed by atoms with Gasteiger partial charge >= 0.3 is 12.0 Å². The van der Waals surface area contributed by atoms with Crippen molar-refractivity contribution in [1.82, 2.24) is 15.5 Å². The van der Waals surface area contributed by atoms with E-state index in [9.17, 15) is 9.59 Å². The van der Waals surface area contributed by atoms with Gasteiger partial charge in [0.15, 0.2) is 0 Å². The Morgan fingerprint density at radius 3 is 2.68 bits per heavy atom. The second-order valence-corrected chi connectivity index (χ2v) is 5.51. The summed E-state index contributed by atoms with van der Waals surface area (Å²) in [5.41, 5.74) is -0.973. The second kappa shape index (κ2) is 6.72. The second-order valence-electron chi connectivity index (χ2n) is 5.51. The Hall–Kier alpha value is -1.34. The summed E-state index contributed by atoms with van der Waals surface area (Å²) in [7, 11) is 2.00. The summed E-state index contributed by atoms with van der Waals surface area (Å²) < 4.78 is 5.50. The van der Waals surface area contributed by atoms with Gasteiger partial charge in [-0.05, 0) is 20.9 Å². The van der Waals surface area contributed by atoms with Gasteiger partial charge in [0.2, 0.25) is 0 Å². The maximum absolute atomic E-state index is 11.6. The van der Waals surface area contributed by atoms with Gasteiger partial charge in [0, 0.05) is 26.2 Å². The first-order valence-corrected chi connectivity index (χ1v) is 6.36. The van der Waals surface area contributed by atoms with Crippen molar-refractivity contribution in [3.63, 3.8) is 0 Å². The number of hydrogen-bond donors (Lipinski definition) is 3. The molecule has 7 heteroatoms. The Morgan fingerprint density at radius 1 is 1.42 bits per heavy atom. The predicted octanol–water partition coefficient (Wildman–Crippen LogP) is -0.273. The van der Waals surface area contributed by atoms with Crippen LogP contribution < -0.4 is 10.6 Å². The summed E-state index contributed by atoms with van der Waals surface area (Å²) in [6.45, 7) is 5.97. The van der Waals surface area contributed by atoms with Crippen molar-refractivity contribution >= 4 is 12.0 Å². The van der Waals surface area contributed by atoms with E-state index in [4.69, 9.17) is 9.84 Å². The fourth-order valence-electron chi connectivity index (χ4n) is 1.64. The number of nitrogens with one attached hydrogen (secondary N) is 2. The van der Waals surface area contributed by atoms with Gasteiger partial charge in [-0.1, -0.05) is 0 Å². The third kappa shape index (κ3) is 5.44. The van der Waals surface area contributed by atoms with E-state index in [0.717, 1.165) is 13.1 Å². The first-order valence-electron chi connectivity index (χ1n) is 6.36. The first-order chi connectivity index (χ1) is 8.81. The van der Waals surface area contributed by atoms with E-state index in [2.05, 4.69) is 15.5 Å². The molecule has 0 radical (unpaired) electrons. The molecule has 1 rings (SSSR count). The van der Waals surface area contributed by atoms with Crippen molar-refractivity contribution in [2.45, 2.75) is 20.0 Å². The van der Waals surface area contributed by atoms with E-state index < -0.39 is 11.4 Å². The third-order valence-electron chi connectivity index (χ3n) is 3.10. The van der Waals surface area contributed by atoms with Gasteiger partial charge in [0.1, 0.15) is 0 Å². The minimum absolute atomic E-state index is 0.0167. The molecule has 0 aromatic carbocycles. The average Bonchev–Trinajstić information content (AvgIpc) is 2.34. The molecule has 1 unspecified atom stereocenters. The van der Waals surface area contributed by atoms with Crippen LogP contribution in [-0.4, -0.2) is 67.9 Å². The summed E-state index contributed by atoms with van der Waals surface area (Å²) in [6.07, 6.45) is -0.0167. The molecule has 0 saturated carbocycles. The van der Waals surface area contributed by atoms with Gasteiger partial charge in [-0.2, -0.15) is 0 Å². The Balaban J connectivity index is 2.23. The van der Waals surface area contributed by atoms with Crippen LogP contribution in [0.1, 0.15) is 13.8 Å². The summed E-state index contributed by atoms with van der Waals surface area (Å²) in [4.78, 5) is 24.6. The van der Waals surface area contributed by atoms with Crippen molar-refractivity contribution in [1.29, 1.82) is 0 Å². The molecule has 1 atom stereocenters. The maximum Gasteiger partial charge on any atom is 0.314 e. The number of amides is 2. The Labute approximate surface area is 113 Å². The molecule has 1 aliphatic rings. The van der Waals surface area contributed by atoms with Crippen LogP contribution in [0.15, 0.2) is 0 Å². The largest absolute Gasteiger partial charge is 0.481 e. The molecule has 3 N–H and O–H groups in total. The number of likely N-dealkylation sites (N-methyl/N-ethyl adjacent to an activating group) is 1. The topological polar surface area (TPSA) is 90.9 Å². The zero-order valence-electron chi connectivity index (χ0n) is 11.7. The minimum Gasteiger partial charge on any atom is -0.481 e. The molecule has 1 saturated heterocycles. The van der Waals surface area contributed by atoms with Crippen LogP contribution in [0, 0.1) is 5.41 Å². The molecule has 0 spiro atoms. The van der Waals surface area contributed by atoms with Crippen LogP contribution in [0.5, 0.6) is 0 Å². The van der Waals surface area contributed by atoms with Crippen molar-refractivity contribution in [3.05, 3.63) is 0 Å². The molecule has 0 aromatic rings. The van der Waals surface area contributed by atoms with Crippen LogP contribution in [0.25, 0.3) is 0 Å². The zero-order valence-corrected chi connectivity index (χ0v) is 11.7. The summed E-state index contributed by atoms with van der Waals surface area (Å²) >= 11 is 0. The van der Waals surface area contributed by atoms with Crippen molar-refractivity contribution < 1.29 is 19.4 Å². The smallest absolute Gasteiger partial charge is 0.314 e. The normalized spacial score (nSPS) is 20.9. The van der Waals surface area contributed by atoms with Crippen molar-refractivity contribution in [2.24, 2.45) is 5.41 Å². The van der Waals surface area contributed by atoms with Gasteiger partial charge in [0.05, 0.1) is 18.1 Å². The number of hydrogen-bond acceptors (Lipinski definition) is 4. The van der Waals surface area contributed by atoms with E-state index in [0.29, 0.717) is 13.2 Å². The van der Waals surface area contributed by atoms with E-state index in [-0.39, 0.29) is 18.7 Å². The standard InChI is InChI=1S/C12H23N3O4/c1-12(2,10(16)17)8-14-11(18)13-6-9-7-15(3)4-5-19-9/h9H,4-8H2,1-3H3,(H,16,17)(H2,13,14,18). The summed E-state index contributed by atoms with van der Waals surface area (Å²) in [6, 6.07) is -0.369. The number of rotatable bonds is 5. The molecule has 0 bridgehead atoms. The minimum atomic E-state index is -0.973. The average molecular weight is 273 g/mol. The molecule has 110 valence electrons. The highest BCUT2D eigenvalue weighted by Crippen LogP contribution is 2.12. The van der Waals surface area contributed by atoms with E-state index >= 15 is 0 Å². The van der Waals surface area contributed by atoms with E-state index in [1.165, 1.54) is 0 Å². The molecule has 0 aliphatic carbocycles. The Bertz CT molecular complexity index is 333. The third-order valence-corrected chi connectivity index (χ3v) is 3.10. The predicted molar refractivity (Wildman–Crippen MR) is 70.1 cm³/mol. The summed E-state index contributed by atoms with van der Waals surface area (Å²) in [5, 5.41) is 14.2. The molecule has 2 amide bonds. The highest BCUT2D eigenvalue weighted by atomic mass is 16.5. The van der Waals surface area contributed by atoms with E-state index in [1.54, 1.807) is 13.8 Å². The molecular weight excluding hydrogens is 250 g/mol. The van der Waals surface area contributed by atoms with Crippen LogP contribution in [0.3, 0.4) is 0 Å². The number of nitrogens with zero attached hydrogens (tertiary/aromatic N) is 1. The SMILES string of the molecule is CN1CCOC(CNC(=O)NCC(C)(C)C(=O)O)C1. The Kier molecular flexibility index (Phi) is 5.56. The highest BCUT2D eigenvalue weighted by molar-refractivity contribution is 5.77. The number of carboxylic acid groups (broad SMARTS) is 1. The number of carboxylic acids is 1. The van der Waals surface area contributed by atoms with Crippen molar-refractivity contribution in [2.75, 3.05) is 39.8 Å². The van der Waals surface area contributed by atoms with E-state index in [1.807, 2.05) is 7.05 Å². The highest BCUT2D eigenvalue weighted by Gasteiger charge is 2.27. The molecule has 1 heterocycles. The molecule has 1 aliphatic heterocycles. The number of carbonyl (C=O) groups is 2. The van der Waals surface area contributed by atoms with Gasteiger partial charge in [-0.25, -0.2) is 4.79 Å². The van der Waals surface area contributed by atoms with Gasteiger partial charge in [0.25, 0.3) is 0 Å². The fraction of sp³-hybridized carbons (Fsp3) is 0.833. The molecule has 19 heavy (non-hydrogen) atoms. The number of morpholine rings is 1. The number of urea groups is 1. The fourth-order valence-corrected chi connectivity index (χ4v) is 1.64. The lowest BCUT2D eigenvalue weighted by Gasteiger charge is -2.30. The van der Waals surface area contributed by atoms with Crippen LogP contribution >= 0.6 is 0 Å². The Morgan fingerprint density at radius 2 is 2.11 bits per heavy atom. The molecule has 7 nitrogen and oxygen atoms in total. The molecule has 1 fully saturated rings.